The molecule has 0 saturated heterocycles. The summed E-state index contributed by atoms with van der Waals surface area (Å²) < 4.78 is 10.6. The van der Waals surface area contributed by atoms with E-state index in [0.717, 1.165) is 11.8 Å². The SMILES string of the molecule is COC(OC)C1CC2CCC1C2. The summed E-state index contributed by atoms with van der Waals surface area (Å²) in [7, 11) is 3.50. The molecule has 2 heteroatoms. The third-order valence-electron chi connectivity index (χ3n) is 3.61. The van der Waals surface area contributed by atoms with Crippen LogP contribution in [-0.2, 0) is 9.47 Å². The van der Waals surface area contributed by atoms with Crippen LogP contribution in [0.1, 0.15) is 25.7 Å². The molecular weight excluding hydrogens is 152 g/mol. The van der Waals surface area contributed by atoms with Crippen molar-refractivity contribution in [1.82, 2.24) is 0 Å². The Morgan fingerprint density at radius 1 is 1.08 bits per heavy atom. The van der Waals surface area contributed by atoms with Crippen LogP contribution in [0, 0.1) is 17.8 Å². The van der Waals surface area contributed by atoms with Gasteiger partial charge in [-0.15, -0.1) is 0 Å². The smallest absolute Gasteiger partial charge is 0.159 e. The van der Waals surface area contributed by atoms with Crippen molar-refractivity contribution in [3.05, 3.63) is 0 Å². The fourth-order valence-corrected chi connectivity index (χ4v) is 3.07. The van der Waals surface area contributed by atoms with E-state index in [0.29, 0.717) is 5.92 Å². The zero-order chi connectivity index (χ0) is 8.55. The van der Waals surface area contributed by atoms with Gasteiger partial charge < -0.3 is 9.47 Å². The molecule has 0 aromatic heterocycles. The second kappa shape index (κ2) is 3.35. The van der Waals surface area contributed by atoms with Crippen molar-refractivity contribution in [3.63, 3.8) is 0 Å². The van der Waals surface area contributed by atoms with Gasteiger partial charge in [0.2, 0.25) is 0 Å². The van der Waals surface area contributed by atoms with Gasteiger partial charge in [0.05, 0.1) is 0 Å². The van der Waals surface area contributed by atoms with Crippen molar-refractivity contribution in [3.8, 4) is 0 Å². The lowest BCUT2D eigenvalue weighted by atomic mass is 9.88. The summed E-state index contributed by atoms with van der Waals surface area (Å²) in [6.07, 6.45) is 5.66. The second-order valence-corrected chi connectivity index (χ2v) is 4.18. The zero-order valence-electron chi connectivity index (χ0n) is 7.95. The van der Waals surface area contributed by atoms with Gasteiger partial charge in [-0.05, 0) is 31.1 Å². The van der Waals surface area contributed by atoms with Crippen LogP contribution < -0.4 is 0 Å². The summed E-state index contributed by atoms with van der Waals surface area (Å²) in [5.74, 6) is 2.55. The minimum Gasteiger partial charge on any atom is -0.356 e. The van der Waals surface area contributed by atoms with Crippen molar-refractivity contribution >= 4 is 0 Å². The molecule has 70 valence electrons. The number of fused-ring (bicyclic) bond motifs is 2. The Labute approximate surface area is 74.2 Å². The lowest BCUT2D eigenvalue weighted by molar-refractivity contribution is -0.147. The summed E-state index contributed by atoms with van der Waals surface area (Å²) in [5, 5.41) is 0. The largest absolute Gasteiger partial charge is 0.356 e. The molecule has 2 fully saturated rings. The first-order valence-electron chi connectivity index (χ1n) is 4.90. The molecule has 0 heterocycles. The van der Waals surface area contributed by atoms with E-state index in [4.69, 9.17) is 9.47 Å². The molecule has 0 aliphatic heterocycles. The number of rotatable bonds is 3. The molecule has 3 atom stereocenters. The third kappa shape index (κ3) is 1.27. The highest BCUT2D eigenvalue weighted by atomic mass is 16.7. The van der Waals surface area contributed by atoms with Crippen molar-refractivity contribution in [2.24, 2.45) is 17.8 Å². The van der Waals surface area contributed by atoms with Crippen LogP contribution in [0.25, 0.3) is 0 Å². The van der Waals surface area contributed by atoms with Crippen LogP contribution >= 0.6 is 0 Å². The van der Waals surface area contributed by atoms with E-state index in [2.05, 4.69) is 0 Å². The molecule has 2 saturated carbocycles. The molecule has 0 amide bonds. The van der Waals surface area contributed by atoms with Gasteiger partial charge in [-0.3, -0.25) is 0 Å². The quantitative estimate of drug-likeness (QED) is 0.603. The maximum Gasteiger partial charge on any atom is 0.159 e. The minimum atomic E-state index is 0.0558. The van der Waals surface area contributed by atoms with Gasteiger partial charge in [0.15, 0.2) is 6.29 Å². The van der Waals surface area contributed by atoms with Crippen LogP contribution in [0.2, 0.25) is 0 Å². The Morgan fingerprint density at radius 3 is 2.25 bits per heavy atom. The number of hydrogen-bond acceptors (Lipinski definition) is 2. The molecule has 2 aliphatic carbocycles. The molecule has 2 rings (SSSR count). The predicted molar refractivity (Wildman–Crippen MR) is 46.7 cm³/mol. The Balaban J connectivity index is 1.96. The molecule has 0 radical (unpaired) electrons. The highest BCUT2D eigenvalue weighted by molar-refractivity contribution is 4.91. The molecular formula is C10H18O2. The monoisotopic (exact) mass is 170 g/mol. The van der Waals surface area contributed by atoms with Gasteiger partial charge in [-0.2, -0.15) is 0 Å². The van der Waals surface area contributed by atoms with Gasteiger partial charge in [-0.1, -0.05) is 6.42 Å². The molecule has 0 N–H and O–H groups in total. The van der Waals surface area contributed by atoms with E-state index in [-0.39, 0.29) is 6.29 Å². The van der Waals surface area contributed by atoms with E-state index in [1.807, 2.05) is 0 Å². The highest BCUT2D eigenvalue weighted by Crippen LogP contribution is 2.49. The van der Waals surface area contributed by atoms with E-state index >= 15 is 0 Å². The highest BCUT2D eigenvalue weighted by Gasteiger charge is 2.43. The van der Waals surface area contributed by atoms with Crippen molar-refractivity contribution in [2.45, 2.75) is 32.0 Å². The van der Waals surface area contributed by atoms with Crippen molar-refractivity contribution in [2.75, 3.05) is 14.2 Å². The predicted octanol–water partition coefficient (Wildman–Crippen LogP) is 2.04. The number of methoxy groups -OCH3 is 2. The molecule has 12 heavy (non-hydrogen) atoms. The fourth-order valence-electron chi connectivity index (χ4n) is 3.07. The van der Waals surface area contributed by atoms with Crippen LogP contribution in [0.3, 0.4) is 0 Å². The van der Waals surface area contributed by atoms with Crippen molar-refractivity contribution < 1.29 is 9.47 Å². The Bertz CT molecular complexity index is 154. The summed E-state index contributed by atoms with van der Waals surface area (Å²) in [5.41, 5.74) is 0. The van der Waals surface area contributed by atoms with Crippen LogP contribution in [0.5, 0.6) is 0 Å². The van der Waals surface area contributed by atoms with Crippen LogP contribution in [0.15, 0.2) is 0 Å². The minimum absolute atomic E-state index is 0.0558. The first-order chi connectivity index (χ1) is 5.85. The first kappa shape index (κ1) is 8.52. The van der Waals surface area contributed by atoms with E-state index in [1.54, 1.807) is 14.2 Å². The number of ether oxygens (including phenoxy) is 2. The standard InChI is InChI=1S/C10H18O2/c1-11-10(12-2)9-6-7-3-4-8(9)5-7/h7-10H,3-6H2,1-2H3. The second-order valence-electron chi connectivity index (χ2n) is 4.18. The fraction of sp³-hybridized carbons (Fsp3) is 1.00. The first-order valence-corrected chi connectivity index (χ1v) is 4.90. The maximum absolute atomic E-state index is 5.31. The summed E-state index contributed by atoms with van der Waals surface area (Å²) in [6, 6.07) is 0. The molecule has 2 bridgehead atoms. The Morgan fingerprint density at radius 2 is 1.83 bits per heavy atom. The molecule has 3 unspecified atom stereocenters. The Kier molecular flexibility index (Phi) is 2.37. The van der Waals surface area contributed by atoms with Gasteiger partial charge >= 0.3 is 0 Å². The van der Waals surface area contributed by atoms with Gasteiger partial charge in [0.1, 0.15) is 0 Å². The van der Waals surface area contributed by atoms with Crippen molar-refractivity contribution in [1.29, 1.82) is 0 Å². The normalized spacial score (nSPS) is 39.8. The van der Waals surface area contributed by atoms with Gasteiger partial charge in [0.25, 0.3) is 0 Å². The summed E-state index contributed by atoms with van der Waals surface area (Å²) in [6.45, 7) is 0. The summed E-state index contributed by atoms with van der Waals surface area (Å²) >= 11 is 0. The van der Waals surface area contributed by atoms with Gasteiger partial charge in [-0.25, -0.2) is 0 Å². The molecule has 0 aromatic carbocycles. The average Bonchev–Trinajstić information content (AvgIpc) is 2.67. The summed E-state index contributed by atoms with van der Waals surface area (Å²) in [4.78, 5) is 0. The lowest BCUT2D eigenvalue weighted by Gasteiger charge is -2.27. The van der Waals surface area contributed by atoms with Crippen LogP contribution in [-0.4, -0.2) is 20.5 Å². The van der Waals surface area contributed by atoms with Gasteiger partial charge in [0, 0.05) is 20.1 Å². The van der Waals surface area contributed by atoms with E-state index in [9.17, 15) is 0 Å². The molecule has 2 nitrogen and oxygen atoms in total. The maximum atomic E-state index is 5.31. The van der Waals surface area contributed by atoms with E-state index in [1.165, 1.54) is 25.7 Å². The topological polar surface area (TPSA) is 18.5 Å². The van der Waals surface area contributed by atoms with E-state index < -0.39 is 0 Å². The molecule has 0 spiro atoms. The Hall–Kier alpha value is -0.0800. The average molecular weight is 170 g/mol. The third-order valence-corrected chi connectivity index (χ3v) is 3.61. The van der Waals surface area contributed by atoms with Crippen LogP contribution in [0.4, 0.5) is 0 Å². The zero-order valence-corrected chi connectivity index (χ0v) is 7.95. The molecule has 2 aliphatic rings. The number of hydrogen-bond donors (Lipinski definition) is 0. The molecule has 0 aromatic rings. The lowest BCUT2D eigenvalue weighted by Crippen LogP contribution is -2.28.